The SMILES string of the molecule is CCOC(=O)CC/C=C/COCCOCCN=[N+]=[N-]. The summed E-state index contributed by atoms with van der Waals surface area (Å²) in [7, 11) is 0. The maximum atomic E-state index is 11.0. The first-order valence-electron chi connectivity index (χ1n) is 6.28. The molecule has 0 saturated carbocycles. The number of azide groups is 1. The van der Waals surface area contributed by atoms with Crippen molar-refractivity contribution in [1.82, 2.24) is 0 Å². The van der Waals surface area contributed by atoms with Crippen LogP contribution in [0, 0.1) is 0 Å². The number of carbonyl (C=O) groups is 1. The van der Waals surface area contributed by atoms with Gasteiger partial charge in [-0.15, -0.1) is 0 Å². The van der Waals surface area contributed by atoms with Crippen molar-refractivity contribution in [3.05, 3.63) is 22.6 Å². The number of nitrogens with zero attached hydrogens (tertiary/aromatic N) is 3. The largest absolute Gasteiger partial charge is 0.466 e. The Morgan fingerprint density at radius 3 is 2.79 bits per heavy atom. The third kappa shape index (κ3) is 14.4. The Morgan fingerprint density at radius 1 is 1.26 bits per heavy atom. The van der Waals surface area contributed by atoms with Gasteiger partial charge in [0.2, 0.25) is 0 Å². The molecule has 0 rings (SSSR count). The predicted molar refractivity (Wildman–Crippen MR) is 70.7 cm³/mol. The Morgan fingerprint density at radius 2 is 2.05 bits per heavy atom. The molecule has 0 bridgehead atoms. The lowest BCUT2D eigenvalue weighted by Crippen LogP contribution is -2.06. The monoisotopic (exact) mass is 271 g/mol. The average molecular weight is 271 g/mol. The lowest BCUT2D eigenvalue weighted by atomic mass is 10.3. The number of ether oxygens (including phenoxy) is 3. The van der Waals surface area contributed by atoms with E-state index >= 15 is 0 Å². The van der Waals surface area contributed by atoms with E-state index in [0.29, 0.717) is 52.4 Å². The minimum absolute atomic E-state index is 0.179. The molecule has 0 amide bonds. The summed E-state index contributed by atoms with van der Waals surface area (Å²) >= 11 is 0. The van der Waals surface area contributed by atoms with Gasteiger partial charge in [0.25, 0.3) is 0 Å². The normalized spacial score (nSPS) is 10.4. The van der Waals surface area contributed by atoms with Gasteiger partial charge in [0.15, 0.2) is 0 Å². The fourth-order valence-electron chi connectivity index (χ4n) is 1.14. The molecule has 0 aromatic carbocycles. The fraction of sp³-hybridized carbons (Fsp3) is 0.750. The van der Waals surface area contributed by atoms with E-state index < -0.39 is 0 Å². The second-order valence-corrected chi connectivity index (χ2v) is 3.46. The maximum Gasteiger partial charge on any atom is 0.306 e. The van der Waals surface area contributed by atoms with Crippen LogP contribution in [0.3, 0.4) is 0 Å². The van der Waals surface area contributed by atoms with Crippen LogP contribution in [0.25, 0.3) is 10.4 Å². The van der Waals surface area contributed by atoms with Gasteiger partial charge in [-0.3, -0.25) is 4.79 Å². The molecule has 0 heterocycles. The molecular formula is C12H21N3O4. The van der Waals surface area contributed by atoms with Crippen molar-refractivity contribution in [2.75, 3.05) is 39.6 Å². The zero-order chi connectivity index (χ0) is 14.2. The molecule has 0 radical (unpaired) electrons. The van der Waals surface area contributed by atoms with Gasteiger partial charge in [0.05, 0.1) is 33.0 Å². The summed E-state index contributed by atoms with van der Waals surface area (Å²) in [6, 6.07) is 0. The highest BCUT2D eigenvalue weighted by Gasteiger charge is 1.97. The van der Waals surface area contributed by atoms with E-state index in [4.69, 9.17) is 19.7 Å². The van der Waals surface area contributed by atoms with Crippen LogP contribution in [0.5, 0.6) is 0 Å². The number of carbonyl (C=O) groups excluding carboxylic acids is 1. The number of esters is 1. The molecule has 7 nitrogen and oxygen atoms in total. The second-order valence-electron chi connectivity index (χ2n) is 3.46. The number of allylic oxidation sites excluding steroid dienone is 1. The summed E-state index contributed by atoms with van der Waals surface area (Å²) in [6.45, 7) is 4.40. The third-order valence-corrected chi connectivity index (χ3v) is 1.97. The van der Waals surface area contributed by atoms with Crippen molar-refractivity contribution in [2.24, 2.45) is 5.11 Å². The topological polar surface area (TPSA) is 93.5 Å². The molecular weight excluding hydrogens is 250 g/mol. The Balaban J connectivity index is 3.21. The van der Waals surface area contributed by atoms with Crippen molar-refractivity contribution in [3.8, 4) is 0 Å². The van der Waals surface area contributed by atoms with Gasteiger partial charge in [-0.1, -0.05) is 17.3 Å². The molecule has 0 spiro atoms. The van der Waals surface area contributed by atoms with Crippen LogP contribution in [0.4, 0.5) is 0 Å². The van der Waals surface area contributed by atoms with E-state index in [0.717, 1.165) is 0 Å². The van der Waals surface area contributed by atoms with Crippen molar-refractivity contribution in [3.63, 3.8) is 0 Å². The summed E-state index contributed by atoms with van der Waals surface area (Å²) in [5.74, 6) is -0.179. The van der Waals surface area contributed by atoms with Gasteiger partial charge in [-0.05, 0) is 18.9 Å². The van der Waals surface area contributed by atoms with E-state index in [1.54, 1.807) is 6.92 Å². The summed E-state index contributed by atoms with van der Waals surface area (Å²) in [6.07, 6.45) is 4.80. The molecule has 0 aliphatic carbocycles. The number of hydrogen-bond acceptors (Lipinski definition) is 5. The van der Waals surface area contributed by atoms with Gasteiger partial charge in [0.1, 0.15) is 0 Å². The highest BCUT2D eigenvalue weighted by Crippen LogP contribution is 1.94. The van der Waals surface area contributed by atoms with Crippen molar-refractivity contribution in [1.29, 1.82) is 0 Å². The number of hydrogen-bond donors (Lipinski definition) is 0. The molecule has 0 aromatic heterocycles. The molecule has 0 aromatic rings. The van der Waals surface area contributed by atoms with Crippen LogP contribution < -0.4 is 0 Å². The van der Waals surface area contributed by atoms with E-state index in [1.807, 2.05) is 12.2 Å². The zero-order valence-electron chi connectivity index (χ0n) is 11.3. The molecule has 108 valence electrons. The molecule has 19 heavy (non-hydrogen) atoms. The molecule has 0 fully saturated rings. The van der Waals surface area contributed by atoms with E-state index in [9.17, 15) is 4.79 Å². The van der Waals surface area contributed by atoms with Crippen LogP contribution in [-0.2, 0) is 19.0 Å². The highest BCUT2D eigenvalue weighted by molar-refractivity contribution is 5.69. The minimum atomic E-state index is -0.179. The summed E-state index contributed by atoms with van der Waals surface area (Å²) in [5.41, 5.74) is 8.02. The van der Waals surface area contributed by atoms with Crippen LogP contribution in [0.15, 0.2) is 17.3 Å². The van der Waals surface area contributed by atoms with Crippen LogP contribution in [-0.4, -0.2) is 45.5 Å². The average Bonchev–Trinajstić information content (AvgIpc) is 2.40. The molecule has 7 heteroatoms. The van der Waals surface area contributed by atoms with Crippen LogP contribution >= 0.6 is 0 Å². The Kier molecular flexibility index (Phi) is 13.3. The number of rotatable bonds is 12. The van der Waals surface area contributed by atoms with E-state index in [1.165, 1.54) is 0 Å². The van der Waals surface area contributed by atoms with Gasteiger partial charge in [-0.25, -0.2) is 0 Å². The highest BCUT2D eigenvalue weighted by atomic mass is 16.5. The van der Waals surface area contributed by atoms with Crippen molar-refractivity contribution in [2.45, 2.75) is 19.8 Å². The molecule has 0 aliphatic heterocycles. The third-order valence-electron chi connectivity index (χ3n) is 1.97. The van der Waals surface area contributed by atoms with Crippen LogP contribution in [0.1, 0.15) is 19.8 Å². The first-order chi connectivity index (χ1) is 9.31. The first-order valence-corrected chi connectivity index (χ1v) is 6.28. The van der Waals surface area contributed by atoms with E-state index in [-0.39, 0.29) is 5.97 Å². The van der Waals surface area contributed by atoms with Crippen LogP contribution in [0.2, 0.25) is 0 Å². The molecule has 0 N–H and O–H groups in total. The molecule has 0 unspecified atom stereocenters. The maximum absolute atomic E-state index is 11.0. The van der Waals surface area contributed by atoms with Gasteiger partial charge >= 0.3 is 5.97 Å². The van der Waals surface area contributed by atoms with Crippen molar-refractivity contribution >= 4 is 5.97 Å². The Bertz CT molecular complexity index is 301. The quantitative estimate of drug-likeness (QED) is 0.136. The Labute approximate surface area is 113 Å². The lowest BCUT2D eigenvalue weighted by Gasteiger charge is -2.02. The summed E-state index contributed by atoms with van der Waals surface area (Å²) in [5, 5.41) is 3.33. The lowest BCUT2D eigenvalue weighted by molar-refractivity contribution is -0.143. The summed E-state index contributed by atoms with van der Waals surface area (Å²) < 4.78 is 15.2. The predicted octanol–water partition coefficient (Wildman–Crippen LogP) is 2.23. The standard InChI is InChI=1S/C12H21N3O4/c1-2-19-12(16)6-4-3-5-8-17-10-11-18-9-7-14-15-13/h3,5H,2,4,6-11H2,1H3/b5-3+. The first kappa shape index (κ1) is 17.4. The second kappa shape index (κ2) is 14.5. The molecule has 0 atom stereocenters. The van der Waals surface area contributed by atoms with Crippen molar-refractivity contribution < 1.29 is 19.0 Å². The Hall–Kier alpha value is -1.56. The smallest absolute Gasteiger partial charge is 0.306 e. The van der Waals surface area contributed by atoms with Gasteiger partial charge in [0, 0.05) is 17.9 Å². The minimum Gasteiger partial charge on any atom is -0.466 e. The van der Waals surface area contributed by atoms with E-state index in [2.05, 4.69) is 10.0 Å². The summed E-state index contributed by atoms with van der Waals surface area (Å²) in [4.78, 5) is 13.6. The molecule has 0 saturated heterocycles. The van der Waals surface area contributed by atoms with Gasteiger partial charge in [-0.2, -0.15) is 0 Å². The molecule has 0 aliphatic rings. The zero-order valence-corrected chi connectivity index (χ0v) is 11.3. The fourth-order valence-corrected chi connectivity index (χ4v) is 1.14. The van der Waals surface area contributed by atoms with Gasteiger partial charge < -0.3 is 14.2 Å².